The Morgan fingerprint density at radius 2 is 1.81 bits per heavy atom. The number of rotatable bonds is 5. The van der Waals surface area contributed by atoms with Gasteiger partial charge in [0.1, 0.15) is 6.54 Å². The van der Waals surface area contributed by atoms with Gasteiger partial charge in [-0.2, -0.15) is 0 Å². The van der Waals surface area contributed by atoms with E-state index < -0.39 is 23.1 Å². The summed E-state index contributed by atoms with van der Waals surface area (Å²) in [6, 6.07) is 10.8. The minimum atomic E-state index is -0.674. The Morgan fingerprint density at radius 3 is 2.50 bits per heavy atom. The molecule has 2 aromatic heterocycles. The van der Waals surface area contributed by atoms with Crippen LogP contribution in [0, 0.1) is 0 Å². The van der Waals surface area contributed by atoms with Crippen molar-refractivity contribution >= 4 is 23.2 Å². The van der Waals surface area contributed by atoms with Gasteiger partial charge in [0.25, 0.3) is 11.5 Å². The molecule has 0 fully saturated rings. The summed E-state index contributed by atoms with van der Waals surface area (Å²) in [5.41, 5.74) is -0.311. The maximum absolute atomic E-state index is 12.1. The number of aromatic amines is 1. The summed E-state index contributed by atoms with van der Waals surface area (Å²) in [4.78, 5) is 48.7. The highest BCUT2D eigenvalue weighted by Gasteiger charge is 2.10. The van der Waals surface area contributed by atoms with Crippen molar-refractivity contribution in [1.29, 1.82) is 0 Å². The highest BCUT2D eigenvalue weighted by atomic mass is 16.3. The largest absolute Gasteiger partial charge is 0.459 e. The monoisotopic (exact) mass is 354 g/mol. The fraction of sp³-hybridized carbons (Fsp3) is 0.0588. The van der Waals surface area contributed by atoms with Crippen molar-refractivity contribution in [2.75, 3.05) is 10.6 Å². The van der Waals surface area contributed by atoms with Crippen LogP contribution in [0.3, 0.4) is 0 Å². The maximum atomic E-state index is 12.1. The van der Waals surface area contributed by atoms with Gasteiger partial charge in [0, 0.05) is 23.6 Å². The highest BCUT2D eigenvalue weighted by molar-refractivity contribution is 6.02. The molecule has 132 valence electrons. The summed E-state index contributed by atoms with van der Waals surface area (Å²) in [5.74, 6) is -0.719. The number of H-pyrrole nitrogens is 1. The second-order valence-electron chi connectivity index (χ2n) is 5.30. The van der Waals surface area contributed by atoms with E-state index in [-0.39, 0.29) is 12.3 Å². The number of carbonyl (C=O) groups is 2. The number of aromatic nitrogens is 2. The lowest BCUT2D eigenvalue weighted by Crippen LogP contribution is -2.32. The predicted octanol–water partition coefficient (Wildman–Crippen LogP) is 1.02. The van der Waals surface area contributed by atoms with Crippen LogP contribution in [0.4, 0.5) is 11.4 Å². The molecule has 3 aromatic rings. The van der Waals surface area contributed by atoms with E-state index in [0.29, 0.717) is 11.4 Å². The van der Waals surface area contributed by atoms with Crippen LogP contribution in [0.2, 0.25) is 0 Å². The van der Waals surface area contributed by atoms with Crippen LogP contribution in [0.25, 0.3) is 0 Å². The number of benzene rings is 1. The van der Waals surface area contributed by atoms with Crippen molar-refractivity contribution in [3.05, 3.63) is 81.5 Å². The van der Waals surface area contributed by atoms with Crippen LogP contribution >= 0.6 is 0 Å². The number of carbonyl (C=O) groups excluding carboxylic acids is 2. The first kappa shape index (κ1) is 17.0. The molecule has 0 spiro atoms. The maximum Gasteiger partial charge on any atom is 0.328 e. The number of anilines is 2. The van der Waals surface area contributed by atoms with Gasteiger partial charge in [0.2, 0.25) is 5.91 Å². The van der Waals surface area contributed by atoms with E-state index in [4.69, 9.17) is 4.42 Å². The van der Waals surface area contributed by atoms with E-state index in [2.05, 4.69) is 15.6 Å². The van der Waals surface area contributed by atoms with E-state index in [9.17, 15) is 19.2 Å². The standard InChI is InChI=1S/C17H14N4O5/c22-14-6-7-21(17(25)20-14)10-15(23)18-11-3-1-4-12(9-11)19-16(24)13-5-2-8-26-13/h1-9H,10H2,(H,18,23)(H,19,24)(H,20,22,25). The lowest BCUT2D eigenvalue weighted by atomic mass is 10.2. The molecule has 0 saturated heterocycles. The van der Waals surface area contributed by atoms with Crippen LogP contribution in [-0.4, -0.2) is 21.4 Å². The van der Waals surface area contributed by atoms with Gasteiger partial charge in [-0.05, 0) is 30.3 Å². The zero-order valence-electron chi connectivity index (χ0n) is 13.4. The van der Waals surface area contributed by atoms with Gasteiger partial charge in [-0.25, -0.2) is 4.79 Å². The summed E-state index contributed by atoms with van der Waals surface area (Å²) >= 11 is 0. The molecule has 3 N–H and O–H groups in total. The highest BCUT2D eigenvalue weighted by Crippen LogP contribution is 2.16. The van der Waals surface area contributed by atoms with Gasteiger partial charge >= 0.3 is 5.69 Å². The van der Waals surface area contributed by atoms with E-state index in [1.165, 1.54) is 18.5 Å². The molecule has 2 heterocycles. The van der Waals surface area contributed by atoms with Crippen molar-refractivity contribution in [3.8, 4) is 0 Å². The fourth-order valence-electron chi connectivity index (χ4n) is 2.20. The molecule has 0 aliphatic carbocycles. The minimum absolute atomic E-state index is 0.164. The molecule has 0 atom stereocenters. The third-order valence-corrected chi connectivity index (χ3v) is 3.36. The Balaban J connectivity index is 1.66. The van der Waals surface area contributed by atoms with Crippen molar-refractivity contribution in [2.45, 2.75) is 6.54 Å². The third-order valence-electron chi connectivity index (χ3n) is 3.36. The predicted molar refractivity (Wildman–Crippen MR) is 93.1 cm³/mol. The number of amides is 2. The average Bonchev–Trinajstić information content (AvgIpc) is 3.12. The Labute approximate surface area is 146 Å². The Hall–Kier alpha value is -3.88. The van der Waals surface area contributed by atoms with E-state index in [0.717, 1.165) is 10.6 Å². The first-order valence-electron chi connectivity index (χ1n) is 7.56. The van der Waals surface area contributed by atoms with Gasteiger partial charge in [-0.15, -0.1) is 0 Å². The summed E-state index contributed by atoms with van der Waals surface area (Å²) in [5, 5.41) is 5.26. The van der Waals surface area contributed by atoms with Crippen molar-refractivity contribution in [1.82, 2.24) is 9.55 Å². The summed E-state index contributed by atoms with van der Waals surface area (Å²) in [6.45, 7) is -0.265. The molecule has 2 amide bonds. The molecule has 0 saturated carbocycles. The van der Waals surface area contributed by atoms with Gasteiger partial charge in [0.15, 0.2) is 5.76 Å². The lowest BCUT2D eigenvalue weighted by molar-refractivity contribution is -0.116. The van der Waals surface area contributed by atoms with Crippen LogP contribution in [-0.2, 0) is 11.3 Å². The molecule has 0 aliphatic heterocycles. The Bertz CT molecular complexity index is 1050. The Morgan fingerprint density at radius 1 is 1.04 bits per heavy atom. The zero-order chi connectivity index (χ0) is 18.5. The van der Waals surface area contributed by atoms with Gasteiger partial charge in [-0.1, -0.05) is 6.07 Å². The number of hydrogen-bond donors (Lipinski definition) is 3. The first-order chi connectivity index (χ1) is 12.5. The molecule has 1 aromatic carbocycles. The normalized spacial score (nSPS) is 10.3. The van der Waals surface area contributed by atoms with E-state index >= 15 is 0 Å². The Kier molecular flexibility index (Phi) is 4.79. The van der Waals surface area contributed by atoms with Gasteiger partial charge in [-0.3, -0.25) is 23.9 Å². The minimum Gasteiger partial charge on any atom is -0.459 e. The van der Waals surface area contributed by atoms with Crippen molar-refractivity contribution in [2.24, 2.45) is 0 Å². The van der Waals surface area contributed by atoms with Crippen LogP contribution in [0.15, 0.2) is 68.9 Å². The van der Waals surface area contributed by atoms with Gasteiger partial charge in [0.05, 0.1) is 6.26 Å². The molecule has 0 radical (unpaired) electrons. The number of nitrogens with zero attached hydrogens (tertiary/aromatic N) is 1. The second kappa shape index (κ2) is 7.34. The molecule has 0 unspecified atom stereocenters. The topological polar surface area (TPSA) is 126 Å². The molecule has 3 rings (SSSR count). The summed E-state index contributed by atoms with van der Waals surface area (Å²) < 4.78 is 6.08. The smallest absolute Gasteiger partial charge is 0.328 e. The number of nitrogens with one attached hydrogen (secondary N) is 3. The van der Waals surface area contributed by atoms with Crippen molar-refractivity contribution < 1.29 is 14.0 Å². The molecule has 0 bridgehead atoms. The molecule has 26 heavy (non-hydrogen) atoms. The van der Waals surface area contributed by atoms with E-state index in [1.54, 1.807) is 30.3 Å². The number of hydrogen-bond acceptors (Lipinski definition) is 5. The van der Waals surface area contributed by atoms with E-state index in [1.807, 2.05) is 0 Å². The lowest BCUT2D eigenvalue weighted by Gasteiger charge is -2.09. The van der Waals surface area contributed by atoms with Gasteiger partial charge < -0.3 is 15.1 Å². The first-order valence-corrected chi connectivity index (χ1v) is 7.56. The van der Waals surface area contributed by atoms with Crippen LogP contribution < -0.4 is 21.9 Å². The van der Waals surface area contributed by atoms with Crippen LogP contribution in [0.1, 0.15) is 10.6 Å². The fourth-order valence-corrected chi connectivity index (χ4v) is 2.20. The summed E-state index contributed by atoms with van der Waals surface area (Å²) in [7, 11) is 0. The second-order valence-corrected chi connectivity index (χ2v) is 5.30. The quantitative estimate of drug-likeness (QED) is 0.631. The summed E-state index contributed by atoms with van der Waals surface area (Å²) in [6.07, 6.45) is 2.63. The zero-order valence-corrected chi connectivity index (χ0v) is 13.4. The molecular formula is C17H14N4O5. The number of furan rings is 1. The average molecular weight is 354 g/mol. The molecule has 0 aliphatic rings. The van der Waals surface area contributed by atoms with Crippen LogP contribution in [0.5, 0.6) is 0 Å². The van der Waals surface area contributed by atoms with Crippen molar-refractivity contribution in [3.63, 3.8) is 0 Å². The SMILES string of the molecule is O=C(Cn1ccc(=O)[nH]c1=O)Nc1cccc(NC(=O)c2ccco2)c1. The molecular weight excluding hydrogens is 340 g/mol. The third kappa shape index (κ3) is 4.15. The molecule has 9 nitrogen and oxygen atoms in total. The molecule has 9 heteroatoms.